The Morgan fingerprint density at radius 1 is 1.18 bits per heavy atom. The van der Waals surface area contributed by atoms with Crippen molar-refractivity contribution >= 4 is 29.6 Å². The van der Waals surface area contributed by atoms with Gasteiger partial charge in [-0.2, -0.15) is 0 Å². The lowest BCUT2D eigenvalue weighted by molar-refractivity contribution is -0.105. The summed E-state index contributed by atoms with van der Waals surface area (Å²) in [6, 6.07) is 2.42. The minimum Gasteiger partial charge on any atom is -0.376 e. The molecular formula is C24H37ClN6O2. The summed E-state index contributed by atoms with van der Waals surface area (Å²) < 4.78 is 5.47. The molecule has 33 heavy (non-hydrogen) atoms. The summed E-state index contributed by atoms with van der Waals surface area (Å²) in [7, 11) is 1.75. The zero-order valence-corrected chi connectivity index (χ0v) is 20.9. The number of hydrogen-bond acceptors (Lipinski definition) is 7. The molecule has 1 atom stereocenters. The summed E-state index contributed by atoms with van der Waals surface area (Å²) in [6.07, 6.45) is 13.2. The molecule has 8 nitrogen and oxygen atoms in total. The first-order valence-electron chi connectivity index (χ1n) is 11.6. The zero-order chi connectivity index (χ0) is 24.1. The highest BCUT2D eigenvalue weighted by atomic mass is 35.5. The molecule has 2 aliphatic rings. The van der Waals surface area contributed by atoms with Crippen LogP contribution >= 0.6 is 11.6 Å². The molecule has 2 aromatic rings. The number of ether oxygens (including phenoxy) is 1. The van der Waals surface area contributed by atoms with Crippen LogP contribution in [0.5, 0.6) is 0 Å². The average molecular weight is 477 g/mol. The van der Waals surface area contributed by atoms with Gasteiger partial charge >= 0.3 is 0 Å². The largest absolute Gasteiger partial charge is 0.376 e. The molecular weight excluding hydrogens is 440 g/mol. The van der Waals surface area contributed by atoms with Crippen LogP contribution in [0.25, 0.3) is 11.3 Å². The van der Waals surface area contributed by atoms with Gasteiger partial charge in [0.2, 0.25) is 6.41 Å². The Morgan fingerprint density at radius 3 is 2.52 bits per heavy atom. The molecule has 1 amide bonds. The number of aromatic nitrogens is 3. The van der Waals surface area contributed by atoms with Crippen molar-refractivity contribution in [2.45, 2.75) is 70.9 Å². The summed E-state index contributed by atoms with van der Waals surface area (Å²) in [6.45, 7) is 8.77. The predicted octanol–water partition coefficient (Wildman–Crippen LogP) is 4.92. The highest BCUT2D eigenvalue weighted by Gasteiger charge is 2.20. The summed E-state index contributed by atoms with van der Waals surface area (Å²) in [4.78, 5) is 22.7. The monoisotopic (exact) mass is 476 g/mol. The average Bonchev–Trinajstić information content (AvgIpc) is 2.82. The van der Waals surface area contributed by atoms with Gasteiger partial charge in [0.15, 0.2) is 0 Å². The van der Waals surface area contributed by atoms with Crippen LogP contribution in [-0.4, -0.2) is 53.2 Å². The number of nitrogens with zero attached hydrogens (tertiary/aromatic N) is 3. The number of piperidine rings is 1. The Balaban J connectivity index is 0.000000210. The maximum absolute atomic E-state index is 10.4. The number of carbonyl (C=O) groups is 1. The van der Waals surface area contributed by atoms with Gasteiger partial charge in [-0.25, -0.2) is 9.97 Å². The van der Waals surface area contributed by atoms with E-state index in [0.717, 1.165) is 12.6 Å². The van der Waals surface area contributed by atoms with E-state index in [0.29, 0.717) is 34.3 Å². The van der Waals surface area contributed by atoms with E-state index >= 15 is 0 Å². The summed E-state index contributed by atoms with van der Waals surface area (Å²) in [5.74, 6) is 1.03. The molecule has 4 rings (SSSR count). The van der Waals surface area contributed by atoms with Gasteiger partial charge in [0.1, 0.15) is 11.6 Å². The highest BCUT2D eigenvalue weighted by Crippen LogP contribution is 2.28. The Labute approximate surface area is 202 Å². The first kappa shape index (κ1) is 27.0. The molecule has 0 aliphatic carbocycles. The van der Waals surface area contributed by atoms with E-state index in [2.05, 4.69) is 51.7 Å². The lowest BCUT2D eigenvalue weighted by Crippen LogP contribution is -2.30. The maximum Gasteiger partial charge on any atom is 0.212 e. The fourth-order valence-corrected chi connectivity index (χ4v) is 3.69. The molecule has 9 heteroatoms. The van der Waals surface area contributed by atoms with Gasteiger partial charge in [-0.3, -0.25) is 9.78 Å². The van der Waals surface area contributed by atoms with Gasteiger partial charge < -0.3 is 20.7 Å². The normalized spacial score (nSPS) is 19.1. The van der Waals surface area contributed by atoms with Gasteiger partial charge in [0.25, 0.3) is 0 Å². The predicted molar refractivity (Wildman–Crippen MR) is 135 cm³/mol. The van der Waals surface area contributed by atoms with Gasteiger partial charge in [-0.05, 0) is 65.5 Å². The van der Waals surface area contributed by atoms with Gasteiger partial charge in [0.05, 0.1) is 28.7 Å². The maximum atomic E-state index is 10.4. The SMILES string of the molecule is CC1(C)CCCCO1.CC1CCCCN1.CNc1cncc(-c2cc(NC=O)ncc2Cl)n1. The Bertz CT molecular complexity index is 851. The number of rotatable bonds is 4. The number of anilines is 2. The highest BCUT2D eigenvalue weighted by molar-refractivity contribution is 6.33. The van der Waals surface area contributed by atoms with Crippen LogP contribution < -0.4 is 16.0 Å². The molecule has 0 bridgehead atoms. The van der Waals surface area contributed by atoms with Crippen LogP contribution in [0.2, 0.25) is 5.02 Å². The summed E-state index contributed by atoms with van der Waals surface area (Å²) in [5.41, 5.74) is 1.43. The Morgan fingerprint density at radius 2 is 2.00 bits per heavy atom. The first-order chi connectivity index (χ1) is 15.8. The van der Waals surface area contributed by atoms with Crippen molar-refractivity contribution in [3.05, 3.63) is 29.7 Å². The van der Waals surface area contributed by atoms with Crippen molar-refractivity contribution in [3.8, 4) is 11.3 Å². The van der Waals surface area contributed by atoms with E-state index in [1.165, 1.54) is 51.3 Å². The third-order valence-corrected chi connectivity index (χ3v) is 5.75. The van der Waals surface area contributed by atoms with Crippen molar-refractivity contribution in [1.82, 2.24) is 20.3 Å². The quantitative estimate of drug-likeness (QED) is 0.538. The van der Waals surface area contributed by atoms with E-state index in [-0.39, 0.29) is 5.60 Å². The lowest BCUT2D eigenvalue weighted by atomic mass is 9.99. The van der Waals surface area contributed by atoms with Gasteiger partial charge in [0, 0.05) is 31.5 Å². The Hall–Kier alpha value is -2.29. The van der Waals surface area contributed by atoms with Crippen molar-refractivity contribution in [1.29, 1.82) is 0 Å². The topological polar surface area (TPSA) is 101 Å². The summed E-state index contributed by atoms with van der Waals surface area (Å²) in [5, 5.41) is 9.17. The standard InChI is InChI=1S/C11H10ClN5O.C7H14O.C6H13N/c1-13-11-5-14-4-9(17-11)7-2-10(16-6-18)15-3-8(7)12;1-7(2)5-3-4-6-8-7;1-6-4-2-3-5-7-6/h2-6H,1H3,(H,13,17)(H,15,16,18);3-6H2,1-2H3;6-7H,2-5H2,1H3. The van der Waals surface area contributed by atoms with Crippen LogP contribution in [0, 0.1) is 0 Å². The van der Waals surface area contributed by atoms with Crippen LogP contribution in [0.3, 0.4) is 0 Å². The van der Waals surface area contributed by atoms with E-state index < -0.39 is 0 Å². The second kappa shape index (κ2) is 14.1. The molecule has 4 heterocycles. The molecule has 3 N–H and O–H groups in total. The van der Waals surface area contributed by atoms with Gasteiger partial charge in [-0.1, -0.05) is 18.0 Å². The van der Waals surface area contributed by atoms with Crippen molar-refractivity contribution in [2.75, 3.05) is 30.8 Å². The fraction of sp³-hybridized carbons (Fsp3) is 0.583. The van der Waals surface area contributed by atoms with Crippen LogP contribution in [0.4, 0.5) is 11.6 Å². The molecule has 2 saturated heterocycles. The third kappa shape index (κ3) is 10.0. The van der Waals surface area contributed by atoms with E-state index in [1.54, 1.807) is 25.5 Å². The molecule has 2 fully saturated rings. The molecule has 0 radical (unpaired) electrons. The number of pyridine rings is 1. The van der Waals surface area contributed by atoms with Gasteiger partial charge in [-0.15, -0.1) is 0 Å². The molecule has 1 unspecified atom stereocenters. The molecule has 0 saturated carbocycles. The van der Waals surface area contributed by atoms with Crippen LogP contribution in [-0.2, 0) is 9.53 Å². The third-order valence-electron chi connectivity index (χ3n) is 5.45. The van der Waals surface area contributed by atoms with Crippen LogP contribution in [0.1, 0.15) is 59.3 Å². The molecule has 2 aliphatic heterocycles. The number of amides is 1. The van der Waals surface area contributed by atoms with E-state index in [1.807, 2.05) is 0 Å². The number of nitrogens with one attached hydrogen (secondary N) is 3. The number of carbonyl (C=O) groups excluding carboxylic acids is 1. The molecule has 0 aromatic carbocycles. The van der Waals surface area contributed by atoms with E-state index in [4.69, 9.17) is 16.3 Å². The second-order valence-electron chi connectivity index (χ2n) is 8.77. The minimum absolute atomic E-state index is 0.179. The smallest absolute Gasteiger partial charge is 0.212 e. The molecule has 0 spiro atoms. The first-order valence-corrected chi connectivity index (χ1v) is 12.0. The number of hydrogen-bond donors (Lipinski definition) is 3. The Kier molecular flexibility index (Phi) is 11.5. The molecule has 182 valence electrons. The van der Waals surface area contributed by atoms with Crippen molar-refractivity contribution < 1.29 is 9.53 Å². The fourth-order valence-electron chi connectivity index (χ4n) is 3.49. The van der Waals surface area contributed by atoms with E-state index in [9.17, 15) is 4.79 Å². The van der Waals surface area contributed by atoms with Crippen molar-refractivity contribution in [3.63, 3.8) is 0 Å². The number of halogens is 1. The molecule has 2 aromatic heterocycles. The summed E-state index contributed by atoms with van der Waals surface area (Å²) >= 11 is 6.06. The zero-order valence-electron chi connectivity index (χ0n) is 20.2. The minimum atomic E-state index is 0.179. The van der Waals surface area contributed by atoms with Crippen molar-refractivity contribution in [2.24, 2.45) is 0 Å². The second-order valence-corrected chi connectivity index (χ2v) is 9.17. The van der Waals surface area contributed by atoms with Crippen LogP contribution in [0.15, 0.2) is 24.7 Å². The lowest BCUT2D eigenvalue weighted by Gasteiger charge is -2.29.